The Morgan fingerprint density at radius 2 is 1.86 bits per heavy atom. The summed E-state index contributed by atoms with van der Waals surface area (Å²) in [6, 6.07) is 9.10. The minimum absolute atomic E-state index is 0.163. The Morgan fingerprint density at radius 1 is 1.21 bits per heavy atom. The van der Waals surface area contributed by atoms with Gasteiger partial charge in [0.25, 0.3) is 10.0 Å². The number of carbonyl (C=O) groups excluding carboxylic acids is 1. The van der Waals surface area contributed by atoms with E-state index in [2.05, 4.69) is 11.7 Å². The summed E-state index contributed by atoms with van der Waals surface area (Å²) in [5, 5.41) is 14.0. The third kappa shape index (κ3) is 3.90. The minimum Gasteiger partial charge on any atom is -0.395 e. The summed E-state index contributed by atoms with van der Waals surface area (Å²) in [6.07, 6.45) is 1.46. The lowest BCUT2D eigenvalue weighted by molar-refractivity contribution is -0.134. The van der Waals surface area contributed by atoms with Gasteiger partial charge in [0.15, 0.2) is 0 Å². The second kappa shape index (κ2) is 7.96. The highest BCUT2D eigenvalue weighted by molar-refractivity contribution is 7.94. The normalized spacial score (nSPS) is 14.4. The molecule has 154 valence electrons. The van der Waals surface area contributed by atoms with Crippen LogP contribution in [-0.2, 0) is 27.9 Å². The number of nitrogens with zero attached hydrogens (tertiary/aromatic N) is 3. The van der Waals surface area contributed by atoms with Gasteiger partial charge in [-0.25, -0.2) is 0 Å². The highest BCUT2D eigenvalue weighted by Crippen LogP contribution is 2.29. The predicted molar refractivity (Wildman–Crippen MR) is 110 cm³/mol. The molecule has 0 saturated heterocycles. The molecular weight excluding hydrogens is 390 g/mol. The number of carbonyl (C=O) groups is 1. The molecule has 1 aromatic heterocycles. The van der Waals surface area contributed by atoms with Gasteiger partial charge in [-0.2, -0.15) is 17.6 Å². The van der Waals surface area contributed by atoms with Gasteiger partial charge in [0.1, 0.15) is 0 Å². The molecule has 2 heterocycles. The van der Waals surface area contributed by atoms with Gasteiger partial charge in [-0.15, -0.1) is 0 Å². The van der Waals surface area contributed by atoms with Crippen LogP contribution in [0.5, 0.6) is 0 Å². The van der Waals surface area contributed by atoms with Gasteiger partial charge in [-0.05, 0) is 31.9 Å². The van der Waals surface area contributed by atoms with Crippen LogP contribution in [0.2, 0.25) is 0 Å². The SMILES string of the molecule is C=C(C)C(=C(C)C)S(=O)(=O)n1cc2c(n1)CN(C(=O)[C@@H](CO)c1ccccc1)C2. The van der Waals surface area contributed by atoms with Gasteiger partial charge in [-0.1, -0.05) is 42.5 Å². The zero-order chi connectivity index (χ0) is 21.3. The lowest BCUT2D eigenvalue weighted by Gasteiger charge is -2.22. The van der Waals surface area contributed by atoms with E-state index in [9.17, 15) is 18.3 Å². The van der Waals surface area contributed by atoms with Crippen molar-refractivity contribution in [2.24, 2.45) is 0 Å². The Hall–Kier alpha value is -2.71. The van der Waals surface area contributed by atoms with Gasteiger partial charge >= 0.3 is 0 Å². The number of aromatic nitrogens is 2. The fraction of sp³-hybridized carbons (Fsp3) is 0.333. The van der Waals surface area contributed by atoms with Gasteiger partial charge < -0.3 is 10.0 Å². The van der Waals surface area contributed by atoms with Crippen LogP contribution >= 0.6 is 0 Å². The number of hydrogen-bond donors (Lipinski definition) is 1. The highest BCUT2D eigenvalue weighted by atomic mass is 32.2. The van der Waals surface area contributed by atoms with Crippen LogP contribution in [0.4, 0.5) is 0 Å². The van der Waals surface area contributed by atoms with Crippen LogP contribution < -0.4 is 0 Å². The molecule has 0 radical (unpaired) electrons. The van der Waals surface area contributed by atoms with Gasteiger partial charge in [0, 0.05) is 18.3 Å². The number of aliphatic hydroxyl groups is 1. The molecule has 0 fully saturated rings. The molecule has 1 aliphatic heterocycles. The van der Waals surface area contributed by atoms with Crippen LogP contribution in [0, 0.1) is 0 Å². The summed E-state index contributed by atoms with van der Waals surface area (Å²) >= 11 is 0. The van der Waals surface area contributed by atoms with E-state index < -0.39 is 15.9 Å². The lowest BCUT2D eigenvalue weighted by atomic mass is 9.98. The zero-order valence-electron chi connectivity index (χ0n) is 16.8. The Labute approximate surface area is 171 Å². The highest BCUT2D eigenvalue weighted by Gasteiger charge is 2.33. The van der Waals surface area contributed by atoms with Crippen LogP contribution in [0.3, 0.4) is 0 Å². The first-order valence-electron chi connectivity index (χ1n) is 9.27. The molecule has 1 amide bonds. The predicted octanol–water partition coefficient (Wildman–Crippen LogP) is 2.55. The summed E-state index contributed by atoms with van der Waals surface area (Å²) in [4.78, 5) is 14.7. The Morgan fingerprint density at radius 3 is 2.38 bits per heavy atom. The molecule has 3 rings (SSSR count). The van der Waals surface area contributed by atoms with Gasteiger partial charge in [0.2, 0.25) is 5.91 Å². The van der Waals surface area contributed by atoms with Crippen molar-refractivity contribution in [2.75, 3.05) is 6.61 Å². The largest absolute Gasteiger partial charge is 0.395 e. The van der Waals surface area contributed by atoms with Gasteiger partial charge in [0.05, 0.1) is 29.7 Å². The molecule has 1 aliphatic rings. The Balaban J connectivity index is 1.83. The second-order valence-corrected chi connectivity index (χ2v) is 9.16. The van der Waals surface area contributed by atoms with Crippen molar-refractivity contribution in [1.29, 1.82) is 0 Å². The summed E-state index contributed by atoms with van der Waals surface area (Å²) < 4.78 is 26.9. The number of rotatable bonds is 6. The number of aliphatic hydroxyl groups excluding tert-OH is 1. The van der Waals surface area contributed by atoms with Crippen molar-refractivity contribution in [2.45, 2.75) is 39.8 Å². The summed E-state index contributed by atoms with van der Waals surface area (Å²) in [7, 11) is -3.84. The first-order chi connectivity index (χ1) is 13.7. The first-order valence-corrected chi connectivity index (χ1v) is 10.7. The summed E-state index contributed by atoms with van der Waals surface area (Å²) in [5.41, 5.74) is 3.06. The molecule has 1 atom stereocenters. The summed E-state index contributed by atoms with van der Waals surface area (Å²) in [5.74, 6) is -0.866. The monoisotopic (exact) mass is 415 g/mol. The average molecular weight is 416 g/mol. The molecule has 0 aliphatic carbocycles. The molecule has 7 nitrogen and oxygen atoms in total. The van der Waals surface area contributed by atoms with Crippen LogP contribution in [0.25, 0.3) is 0 Å². The maximum Gasteiger partial charge on any atom is 0.283 e. The number of allylic oxidation sites excluding steroid dienone is 2. The quantitative estimate of drug-likeness (QED) is 0.732. The van der Waals surface area contributed by atoms with Crippen molar-refractivity contribution in [3.05, 3.63) is 76.0 Å². The van der Waals surface area contributed by atoms with Crippen molar-refractivity contribution in [3.8, 4) is 0 Å². The molecule has 0 spiro atoms. The van der Waals surface area contributed by atoms with E-state index in [1.54, 1.807) is 37.8 Å². The molecule has 0 saturated carbocycles. The van der Waals surface area contributed by atoms with Gasteiger partial charge in [-0.3, -0.25) is 4.79 Å². The third-order valence-electron chi connectivity index (χ3n) is 4.90. The van der Waals surface area contributed by atoms with E-state index >= 15 is 0 Å². The van der Waals surface area contributed by atoms with Crippen LogP contribution in [0.1, 0.15) is 43.5 Å². The molecule has 0 unspecified atom stereocenters. The molecule has 2 aromatic rings. The smallest absolute Gasteiger partial charge is 0.283 e. The van der Waals surface area contributed by atoms with E-state index in [1.165, 1.54) is 6.20 Å². The second-order valence-electron chi connectivity index (χ2n) is 7.43. The zero-order valence-corrected chi connectivity index (χ0v) is 17.6. The lowest BCUT2D eigenvalue weighted by Crippen LogP contribution is -2.33. The van der Waals surface area contributed by atoms with E-state index in [-0.39, 0.29) is 30.5 Å². The molecular formula is C21H25N3O4S. The van der Waals surface area contributed by atoms with Crippen molar-refractivity contribution < 1.29 is 18.3 Å². The van der Waals surface area contributed by atoms with Crippen molar-refractivity contribution in [3.63, 3.8) is 0 Å². The molecule has 0 bridgehead atoms. The minimum atomic E-state index is -3.84. The van der Waals surface area contributed by atoms with Crippen LogP contribution in [0.15, 0.2) is 59.2 Å². The Bertz CT molecular complexity index is 1060. The standard InChI is InChI=1S/C21H25N3O4S/c1-14(2)20(15(3)4)29(27,28)24-11-17-10-23(12-19(17)22-24)21(26)18(13-25)16-8-6-5-7-9-16/h5-9,11,18,25H,1,10,12-13H2,2-4H3/t18-/m0/s1. The first kappa shape index (κ1) is 21.0. The Kier molecular flexibility index (Phi) is 5.77. The molecule has 1 N–H and O–H groups in total. The number of fused-ring (bicyclic) bond motifs is 1. The third-order valence-corrected chi connectivity index (χ3v) is 6.85. The topological polar surface area (TPSA) is 92.5 Å². The van der Waals surface area contributed by atoms with E-state index in [0.717, 1.165) is 9.65 Å². The van der Waals surface area contributed by atoms with E-state index in [1.807, 2.05) is 18.2 Å². The van der Waals surface area contributed by atoms with E-state index in [0.29, 0.717) is 22.4 Å². The maximum absolute atomic E-state index is 12.9. The van der Waals surface area contributed by atoms with E-state index in [4.69, 9.17) is 0 Å². The number of hydrogen-bond acceptors (Lipinski definition) is 5. The number of benzene rings is 1. The fourth-order valence-electron chi connectivity index (χ4n) is 3.64. The van der Waals surface area contributed by atoms with Crippen molar-refractivity contribution in [1.82, 2.24) is 14.1 Å². The summed E-state index contributed by atoms with van der Waals surface area (Å²) in [6.45, 7) is 9.02. The van der Waals surface area contributed by atoms with Crippen molar-refractivity contribution >= 4 is 15.9 Å². The maximum atomic E-state index is 12.9. The van der Waals surface area contributed by atoms with Crippen LogP contribution in [-0.4, -0.2) is 40.1 Å². The fourth-order valence-corrected chi connectivity index (χ4v) is 5.25. The number of amides is 1. The molecule has 8 heteroatoms. The molecule has 29 heavy (non-hydrogen) atoms. The molecule has 1 aromatic carbocycles. The average Bonchev–Trinajstić information content (AvgIpc) is 3.21.